The fourth-order valence-electron chi connectivity index (χ4n) is 5.08. The van der Waals surface area contributed by atoms with E-state index in [1.165, 1.54) is 5.56 Å². The first-order valence-electron chi connectivity index (χ1n) is 11.8. The summed E-state index contributed by atoms with van der Waals surface area (Å²) in [6, 6.07) is 13.1. The summed E-state index contributed by atoms with van der Waals surface area (Å²) in [5, 5.41) is 3.80. The zero-order valence-corrected chi connectivity index (χ0v) is 20.0. The van der Waals surface area contributed by atoms with Gasteiger partial charge in [-0.3, -0.25) is 4.79 Å². The number of hydrogen-bond acceptors (Lipinski definition) is 4. The molecule has 7 heteroatoms. The zero-order chi connectivity index (χ0) is 23.2. The summed E-state index contributed by atoms with van der Waals surface area (Å²) in [5.41, 5.74) is 3.62. The fourth-order valence-corrected chi connectivity index (χ4v) is 6.58. The quantitative estimate of drug-likeness (QED) is 0.589. The van der Waals surface area contributed by atoms with Crippen LogP contribution in [0.25, 0.3) is 11.0 Å². The highest BCUT2D eigenvalue weighted by atomic mass is 32.2. The molecule has 5 rings (SSSR count). The molecule has 1 N–H and O–H groups in total. The van der Waals surface area contributed by atoms with Gasteiger partial charge in [-0.15, -0.1) is 0 Å². The highest BCUT2D eigenvalue weighted by Gasteiger charge is 2.30. The smallest absolute Gasteiger partial charge is 0.287 e. The first kappa shape index (κ1) is 22.2. The summed E-state index contributed by atoms with van der Waals surface area (Å²) in [5.74, 6) is 0.529. The number of benzene rings is 2. The van der Waals surface area contributed by atoms with Gasteiger partial charge < -0.3 is 9.73 Å². The zero-order valence-electron chi connectivity index (χ0n) is 19.1. The van der Waals surface area contributed by atoms with Crippen molar-refractivity contribution in [3.63, 3.8) is 0 Å². The van der Waals surface area contributed by atoms with Crippen LogP contribution in [0.5, 0.6) is 0 Å². The summed E-state index contributed by atoms with van der Waals surface area (Å²) in [4.78, 5) is 13.4. The Morgan fingerprint density at radius 1 is 1.09 bits per heavy atom. The molecule has 2 aromatic carbocycles. The minimum absolute atomic E-state index is 0.0486. The van der Waals surface area contributed by atoms with Crippen molar-refractivity contribution >= 4 is 26.9 Å². The Balaban J connectivity index is 1.42. The molecule has 2 heterocycles. The van der Waals surface area contributed by atoms with Gasteiger partial charge in [0.1, 0.15) is 5.58 Å². The molecular formula is C26H30N2O4S. The molecule has 1 aliphatic heterocycles. The third kappa shape index (κ3) is 4.08. The van der Waals surface area contributed by atoms with Crippen molar-refractivity contribution in [2.24, 2.45) is 5.92 Å². The maximum atomic E-state index is 13.2. The molecule has 0 bridgehead atoms. The lowest BCUT2D eigenvalue weighted by atomic mass is 9.87. The maximum Gasteiger partial charge on any atom is 0.287 e. The summed E-state index contributed by atoms with van der Waals surface area (Å²) >= 11 is 0. The van der Waals surface area contributed by atoms with Gasteiger partial charge in [0.05, 0.1) is 10.9 Å². The number of nitrogens with zero attached hydrogens (tertiary/aromatic N) is 1. The number of furan rings is 1. The normalized spacial score (nSPS) is 20.0. The first-order valence-corrected chi connectivity index (χ1v) is 13.2. The maximum absolute atomic E-state index is 13.2. The van der Waals surface area contributed by atoms with E-state index < -0.39 is 10.0 Å². The third-order valence-corrected chi connectivity index (χ3v) is 9.06. The predicted octanol–water partition coefficient (Wildman–Crippen LogP) is 4.97. The summed E-state index contributed by atoms with van der Waals surface area (Å²) in [6.45, 7) is 5.06. The van der Waals surface area contributed by atoms with Crippen molar-refractivity contribution < 1.29 is 17.6 Å². The molecule has 174 valence electrons. The monoisotopic (exact) mass is 466 g/mol. The van der Waals surface area contributed by atoms with E-state index in [-0.39, 0.29) is 22.6 Å². The Labute approximate surface area is 195 Å². The van der Waals surface area contributed by atoms with Gasteiger partial charge in [0.2, 0.25) is 10.0 Å². The molecule has 2 aliphatic rings. The molecule has 0 spiro atoms. The van der Waals surface area contributed by atoms with E-state index in [4.69, 9.17) is 4.42 Å². The molecule has 1 atom stereocenters. The average molecular weight is 467 g/mol. The average Bonchev–Trinajstić information content (AvgIpc) is 3.15. The number of carbonyl (C=O) groups is 1. The van der Waals surface area contributed by atoms with Crippen LogP contribution in [0.1, 0.15) is 65.9 Å². The lowest BCUT2D eigenvalue weighted by Gasteiger charge is -2.29. The number of sulfonamides is 1. The summed E-state index contributed by atoms with van der Waals surface area (Å²) in [7, 11) is -3.57. The van der Waals surface area contributed by atoms with Crippen LogP contribution in [0.15, 0.2) is 51.8 Å². The van der Waals surface area contributed by atoms with Crippen molar-refractivity contribution in [1.82, 2.24) is 9.62 Å². The molecular weight excluding hydrogens is 436 g/mol. The number of piperidine rings is 1. The molecule has 6 nitrogen and oxygen atoms in total. The van der Waals surface area contributed by atoms with Crippen molar-refractivity contribution in [2.45, 2.75) is 56.9 Å². The molecule has 1 aliphatic carbocycles. The van der Waals surface area contributed by atoms with Gasteiger partial charge in [-0.25, -0.2) is 8.42 Å². The molecule has 3 aromatic rings. The largest absolute Gasteiger partial charge is 0.451 e. The lowest BCUT2D eigenvalue weighted by Crippen LogP contribution is -2.37. The van der Waals surface area contributed by atoms with Gasteiger partial charge in [0, 0.05) is 24.0 Å². The SMILES string of the molecule is Cc1c(C(=O)NC2CCCc3ccccc32)oc2ccc(S(=O)(=O)N3CCC(C)CC3)cc12. The second-order valence-electron chi connectivity index (χ2n) is 9.42. The van der Waals surface area contributed by atoms with E-state index in [0.717, 1.165) is 37.7 Å². The lowest BCUT2D eigenvalue weighted by molar-refractivity contribution is 0.0906. The van der Waals surface area contributed by atoms with E-state index in [1.807, 2.05) is 19.1 Å². The van der Waals surface area contributed by atoms with Gasteiger partial charge in [-0.05, 0) is 74.3 Å². The molecule has 0 saturated carbocycles. The molecule has 1 amide bonds. The number of rotatable bonds is 4. The van der Waals surface area contributed by atoms with Crippen LogP contribution in [0, 0.1) is 12.8 Å². The minimum atomic E-state index is -3.57. The number of hydrogen-bond donors (Lipinski definition) is 1. The van der Waals surface area contributed by atoms with E-state index in [2.05, 4.69) is 24.4 Å². The Morgan fingerprint density at radius 2 is 1.85 bits per heavy atom. The van der Waals surface area contributed by atoms with Crippen LogP contribution < -0.4 is 5.32 Å². The number of nitrogens with one attached hydrogen (secondary N) is 1. The van der Waals surface area contributed by atoms with Gasteiger partial charge in [0.25, 0.3) is 5.91 Å². The van der Waals surface area contributed by atoms with E-state index >= 15 is 0 Å². The van der Waals surface area contributed by atoms with Crippen LogP contribution in [0.2, 0.25) is 0 Å². The summed E-state index contributed by atoms with van der Waals surface area (Å²) < 4.78 is 33.8. The van der Waals surface area contributed by atoms with Crippen molar-refractivity contribution in [3.05, 3.63) is 64.9 Å². The van der Waals surface area contributed by atoms with Gasteiger partial charge in [0.15, 0.2) is 5.76 Å². The van der Waals surface area contributed by atoms with Crippen molar-refractivity contribution in [1.29, 1.82) is 0 Å². The van der Waals surface area contributed by atoms with Gasteiger partial charge >= 0.3 is 0 Å². The summed E-state index contributed by atoms with van der Waals surface area (Å²) in [6.07, 6.45) is 4.69. The van der Waals surface area contributed by atoms with Crippen LogP contribution in [-0.4, -0.2) is 31.7 Å². The van der Waals surface area contributed by atoms with Crippen LogP contribution in [-0.2, 0) is 16.4 Å². The topological polar surface area (TPSA) is 79.6 Å². The molecule has 0 radical (unpaired) electrons. The Bertz CT molecular complexity index is 1300. The number of amides is 1. The highest BCUT2D eigenvalue weighted by molar-refractivity contribution is 7.89. The Kier molecular flexibility index (Phi) is 5.79. The Hall–Kier alpha value is -2.64. The molecule has 1 fully saturated rings. The number of fused-ring (bicyclic) bond motifs is 2. The Morgan fingerprint density at radius 3 is 2.64 bits per heavy atom. The molecule has 1 unspecified atom stereocenters. The van der Waals surface area contributed by atoms with Crippen molar-refractivity contribution in [2.75, 3.05) is 13.1 Å². The predicted molar refractivity (Wildman–Crippen MR) is 128 cm³/mol. The van der Waals surface area contributed by atoms with E-state index in [0.29, 0.717) is 35.5 Å². The van der Waals surface area contributed by atoms with Crippen LogP contribution in [0.3, 0.4) is 0 Å². The van der Waals surface area contributed by atoms with Gasteiger partial charge in [-0.2, -0.15) is 4.31 Å². The van der Waals surface area contributed by atoms with Gasteiger partial charge in [-0.1, -0.05) is 31.2 Å². The second kappa shape index (κ2) is 8.61. The first-order chi connectivity index (χ1) is 15.8. The highest BCUT2D eigenvalue weighted by Crippen LogP contribution is 2.33. The van der Waals surface area contributed by atoms with E-state index in [1.54, 1.807) is 22.5 Å². The molecule has 1 aromatic heterocycles. The number of aryl methyl sites for hydroxylation is 2. The standard InChI is InChI=1S/C26H30N2O4S/c1-17-12-14-28(15-13-17)33(30,31)20-10-11-24-22(16-20)18(2)25(32-24)26(29)27-23-9-5-7-19-6-3-4-8-21(19)23/h3-4,6,8,10-11,16-17,23H,5,7,9,12-15H2,1-2H3,(H,27,29). The second-order valence-corrected chi connectivity index (χ2v) is 11.4. The molecule has 33 heavy (non-hydrogen) atoms. The van der Waals surface area contributed by atoms with Crippen molar-refractivity contribution in [3.8, 4) is 0 Å². The third-order valence-electron chi connectivity index (χ3n) is 7.17. The minimum Gasteiger partial charge on any atom is -0.451 e. The molecule has 1 saturated heterocycles. The fraction of sp³-hybridized carbons (Fsp3) is 0.423. The van der Waals surface area contributed by atoms with Crippen LogP contribution in [0.4, 0.5) is 0 Å². The van der Waals surface area contributed by atoms with Crippen LogP contribution >= 0.6 is 0 Å². The van der Waals surface area contributed by atoms with E-state index in [9.17, 15) is 13.2 Å². The number of carbonyl (C=O) groups excluding carboxylic acids is 1.